The average molecular weight is 816 g/mol. The molecule has 4 rings (SSSR count). The van der Waals surface area contributed by atoms with Crippen LogP contribution in [-0.2, 0) is 35.1 Å². The second kappa shape index (κ2) is 21.1. The monoisotopic (exact) mass is 816 g/mol. The van der Waals surface area contributed by atoms with Crippen LogP contribution in [0.1, 0.15) is 113 Å². The molecule has 2 fully saturated rings. The fourth-order valence-corrected chi connectivity index (χ4v) is 8.21. The van der Waals surface area contributed by atoms with Gasteiger partial charge in [-0.15, -0.1) is 0 Å². The molecule has 0 aromatic heterocycles. The van der Waals surface area contributed by atoms with Crippen molar-refractivity contribution < 1.29 is 33.5 Å². The van der Waals surface area contributed by atoms with Crippen molar-refractivity contribution in [1.29, 1.82) is 0 Å². The number of Topliss-reactive ketones (excluding diaryl/α,β-unsaturated/α-hetero) is 2. The van der Waals surface area contributed by atoms with Crippen LogP contribution in [0.15, 0.2) is 64.8 Å². The minimum atomic E-state index is -0.784. The summed E-state index contributed by atoms with van der Waals surface area (Å²) in [6.07, 6.45) is 7.39. The quantitative estimate of drug-likeness (QED) is 0.131. The number of ether oxygens (including phenoxy) is 1. The van der Waals surface area contributed by atoms with Crippen molar-refractivity contribution in [3.8, 4) is 0 Å². The van der Waals surface area contributed by atoms with Gasteiger partial charge < -0.3 is 25.6 Å². The van der Waals surface area contributed by atoms with E-state index in [0.29, 0.717) is 80.6 Å². The van der Waals surface area contributed by atoms with Crippen molar-refractivity contribution >= 4 is 35.4 Å². The van der Waals surface area contributed by atoms with Gasteiger partial charge in [-0.25, -0.2) is 4.79 Å². The Morgan fingerprint density at radius 1 is 0.831 bits per heavy atom. The third-order valence-corrected chi connectivity index (χ3v) is 11.5. The Hall–Kier alpha value is -4.58. The average Bonchev–Trinajstić information content (AvgIpc) is 3.66. The number of ketones is 2. The van der Waals surface area contributed by atoms with Crippen LogP contribution < -0.4 is 16.0 Å². The summed E-state index contributed by atoms with van der Waals surface area (Å²) in [6, 6.07) is 7.73. The SMILES string of the molecule is CC1=C(C)C(=O)C(CN2CCC(C[C@H](NC(=O)[C@@H]3CCCN3C(=O)[C@H](/C=C/[C@H](CC(C)C)NC(=O)OC(C)(C)C)Cc3ccccc3)C(=O)NC(C)C)CC2)=C(C)C1=O. The molecule has 12 nitrogen and oxygen atoms in total. The van der Waals surface area contributed by atoms with Gasteiger partial charge in [-0.05, 0) is 131 Å². The molecule has 3 N–H and O–H groups in total. The Morgan fingerprint density at radius 2 is 1.47 bits per heavy atom. The van der Waals surface area contributed by atoms with Gasteiger partial charge in [-0.2, -0.15) is 0 Å². The molecule has 1 aromatic rings. The van der Waals surface area contributed by atoms with Crippen molar-refractivity contribution in [2.24, 2.45) is 17.8 Å². The third-order valence-electron chi connectivity index (χ3n) is 11.5. The van der Waals surface area contributed by atoms with Crippen LogP contribution in [0.4, 0.5) is 4.79 Å². The summed E-state index contributed by atoms with van der Waals surface area (Å²) >= 11 is 0. The number of nitrogens with one attached hydrogen (secondary N) is 3. The lowest BCUT2D eigenvalue weighted by molar-refractivity contribution is -0.141. The summed E-state index contributed by atoms with van der Waals surface area (Å²) < 4.78 is 5.53. The fraction of sp³-hybridized carbons (Fsp3) is 0.617. The van der Waals surface area contributed by atoms with E-state index < -0.39 is 29.7 Å². The highest BCUT2D eigenvalue weighted by Gasteiger charge is 2.39. The number of hydrogen-bond donors (Lipinski definition) is 3. The van der Waals surface area contributed by atoms with Gasteiger partial charge in [0.05, 0.1) is 12.0 Å². The maximum atomic E-state index is 14.5. The summed E-state index contributed by atoms with van der Waals surface area (Å²) in [5.74, 6) is -1.11. The normalized spacial score (nSPS) is 20.1. The van der Waals surface area contributed by atoms with Crippen LogP contribution in [0, 0.1) is 17.8 Å². The molecule has 2 aliphatic heterocycles. The van der Waals surface area contributed by atoms with E-state index >= 15 is 0 Å². The maximum Gasteiger partial charge on any atom is 0.408 e. The number of likely N-dealkylation sites (tertiary alicyclic amines) is 2. The summed E-state index contributed by atoms with van der Waals surface area (Å²) in [7, 11) is 0. The Morgan fingerprint density at radius 3 is 2.08 bits per heavy atom. The van der Waals surface area contributed by atoms with Gasteiger partial charge in [0.2, 0.25) is 17.7 Å². The van der Waals surface area contributed by atoms with Crippen molar-refractivity contribution in [3.63, 3.8) is 0 Å². The van der Waals surface area contributed by atoms with Gasteiger partial charge >= 0.3 is 6.09 Å². The van der Waals surface area contributed by atoms with E-state index in [1.807, 2.05) is 77.1 Å². The lowest BCUT2D eigenvalue weighted by Crippen LogP contribution is -2.55. The zero-order valence-corrected chi connectivity index (χ0v) is 37.1. The third kappa shape index (κ3) is 13.7. The largest absolute Gasteiger partial charge is 0.444 e. The molecule has 12 heteroatoms. The first-order chi connectivity index (χ1) is 27.7. The number of nitrogens with zero attached hydrogens (tertiary/aromatic N) is 2. The van der Waals surface area contributed by atoms with E-state index in [-0.39, 0.29) is 53.2 Å². The molecule has 0 unspecified atom stereocenters. The topological polar surface area (TPSA) is 154 Å². The van der Waals surface area contributed by atoms with Gasteiger partial charge in [0.25, 0.3) is 0 Å². The minimum absolute atomic E-state index is 0.0674. The van der Waals surface area contributed by atoms with Gasteiger partial charge in [-0.1, -0.05) is 56.3 Å². The van der Waals surface area contributed by atoms with Gasteiger partial charge in [0.15, 0.2) is 11.6 Å². The lowest BCUT2D eigenvalue weighted by atomic mass is 9.85. The number of carbonyl (C=O) groups is 6. The Labute approximate surface area is 352 Å². The van der Waals surface area contributed by atoms with Gasteiger partial charge in [0, 0.05) is 41.4 Å². The number of amides is 4. The number of rotatable bonds is 16. The Bertz CT molecular complexity index is 1780. The van der Waals surface area contributed by atoms with Crippen molar-refractivity contribution in [1.82, 2.24) is 25.8 Å². The molecule has 4 atom stereocenters. The summed E-state index contributed by atoms with van der Waals surface area (Å²) in [4.78, 5) is 84.8. The van der Waals surface area contributed by atoms with Crippen LogP contribution in [0.2, 0.25) is 0 Å². The molecule has 0 spiro atoms. The van der Waals surface area contributed by atoms with E-state index in [4.69, 9.17) is 4.74 Å². The number of hydrogen-bond acceptors (Lipinski definition) is 8. The fourth-order valence-electron chi connectivity index (χ4n) is 8.21. The number of piperidine rings is 1. The molecular formula is C47H69N5O7. The Kier molecular flexibility index (Phi) is 16.8. The second-order valence-corrected chi connectivity index (χ2v) is 18.4. The molecule has 0 saturated carbocycles. The first kappa shape index (κ1) is 47.1. The molecule has 59 heavy (non-hydrogen) atoms. The zero-order valence-electron chi connectivity index (χ0n) is 37.1. The summed E-state index contributed by atoms with van der Waals surface area (Å²) in [5.41, 5.74) is 2.41. The number of carbonyl (C=O) groups excluding carboxylic acids is 6. The predicted octanol–water partition coefficient (Wildman–Crippen LogP) is 6.25. The van der Waals surface area contributed by atoms with E-state index in [0.717, 1.165) is 18.4 Å². The highest BCUT2D eigenvalue weighted by Crippen LogP contribution is 2.29. The van der Waals surface area contributed by atoms with Gasteiger partial charge in [-0.3, -0.25) is 28.9 Å². The molecule has 324 valence electrons. The molecule has 4 amide bonds. The molecule has 0 radical (unpaired) electrons. The van der Waals surface area contributed by atoms with E-state index in [1.54, 1.807) is 25.7 Å². The summed E-state index contributed by atoms with van der Waals surface area (Å²) in [6.45, 7) is 20.7. The van der Waals surface area contributed by atoms with Gasteiger partial charge in [0.1, 0.15) is 17.7 Å². The molecule has 0 bridgehead atoms. The Balaban J connectivity index is 1.47. The number of allylic oxidation sites excluding steroid dienone is 3. The van der Waals surface area contributed by atoms with Crippen molar-refractivity contribution in [2.75, 3.05) is 26.2 Å². The second-order valence-electron chi connectivity index (χ2n) is 18.4. The highest BCUT2D eigenvalue weighted by atomic mass is 16.6. The van der Waals surface area contributed by atoms with Crippen LogP contribution in [0.25, 0.3) is 0 Å². The molecule has 2 heterocycles. The van der Waals surface area contributed by atoms with Crippen LogP contribution >= 0.6 is 0 Å². The van der Waals surface area contributed by atoms with E-state index in [1.165, 1.54) is 0 Å². The number of benzene rings is 1. The van der Waals surface area contributed by atoms with Crippen LogP contribution in [0.5, 0.6) is 0 Å². The smallest absolute Gasteiger partial charge is 0.408 e. The zero-order chi connectivity index (χ0) is 43.6. The summed E-state index contributed by atoms with van der Waals surface area (Å²) in [5, 5.41) is 9.01. The first-order valence-electron chi connectivity index (χ1n) is 21.6. The standard InChI is InChI=1S/C47H69N5O7/c1-29(2)25-37(49-46(58)59-47(8,9)10)19-18-36(26-34-15-12-11-13-16-34)45(57)52-22-14-17-40(52)44(56)50-39(43(55)48-30(3)4)27-35-20-23-51(24-21-35)28-38-33(7)41(53)31(5)32(6)42(38)54/h11-13,15-16,18-19,29-30,35-37,39-40H,14,17,20-28H2,1-10H3,(H,48,55)(H,49,58)(H,50,56)/b19-18+/t36-,37-,39+,40+/m1/s1. The maximum absolute atomic E-state index is 14.5. The molecule has 1 aliphatic carbocycles. The number of alkyl carbamates (subject to hydrolysis) is 1. The molecule has 3 aliphatic rings. The van der Waals surface area contributed by atoms with Crippen molar-refractivity contribution in [2.45, 2.75) is 144 Å². The minimum Gasteiger partial charge on any atom is -0.444 e. The van der Waals surface area contributed by atoms with Crippen LogP contribution in [-0.4, -0.2) is 101 Å². The lowest BCUT2D eigenvalue weighted by Gasteiger charge is -2.35. The predicted molar refractivity (Wildman–Crippen MR) is 230 cm³/mol. The van der Waals surface area contributed by atoms with E-state index in [9.17, 15) is 28.8 Å². The van der Waals surface area contributed by atoms with Crippen molar-refractivity contribution in [3.05, 3.63) is 70.3 Å². The first-order valence-corrected chi connectivity index (χ1v) is 21.6. The molecule has 1 aromatic carbocycles. The molecule has 2 saturated heterocycles. The van der Waals surface area contributed by atoms with Crippen LogP contribution in [0.3, 0.4) is 0 Å². The molecular weight excluding hydrogens is 747 g/mol. The highest BCUT2D eigenvalue weighted by molar-refractivity contribution is 6.24. The van der Waals surface area contributed by atoms with E-state index in [2.05, 4.69) is 34.7 Å².